The van der Waals surface area contributed by atoms with Crippen molar-refractivity contribution in [3.05, 3.63) is 33.6 Å². The first-order valence-corrected chi connectivity index (χ1v) is 9.73. The lowest BCUT2D eigenvalue weighted by molar-refractivity contribution is 0.0819. The Labute approximate surface area is 152 Å². The average molecular weight is 362 g/mol. The standard InChI is InChI=1S/C18H26N4O2S/c1-4-16-13(2)17(21(3)20-16)19-18(23)22(10-14-7-9-25-12-14)11-15-6-5-8-24-15/h7,9,12,15H,4-6,8,10-11H2,1-3H3,(H,19,23)/t15-/m1/s1. The number of nitrogens with zero attached hydrogens (tertiary/aromatic N) is 3. The third-order valence-electron chi connectivity index (χ3n) is 4.63. The molecule has 0 radical (unpaired) electrons. The summed E-state index contributed by atoms with van der Waals surface area (Å²) >= 11 is 1.65. The monoisotopic (exact) mass is 362 g/mol. The van der Waals surface area contributed by atoms with Gasteiger partial charge in [0.15, 0.2) is 0 Å². The zero-order valence-electron chi connectivity index (χ0n) is 15.1. The van der Waals surface area contributed by atoms with E-state index in [1.807, 2.05) is 24.3 Å². The molecule has 0 aromatic carbocycles. The molecule has 136 valence electrons. The Kier molecular flexibility index (Phi) is 5.75. The molecule has 2 aromatic rings. The van der Waals surface area contributed by atoms with Gasteiger partial charge in [-0.25, -0.2) is 4.79 Å². The summed E-state index contributed by atoms with van der Waals surface area (Å²) in [5.74, 6) is 0.768. The summed E-state index contributed by atoms with van der Waals surface area (Å²) in [6, 6.07) is 1.96. The lowest BCUT2D eigenvalue weighted by atomic mass is 10.2. The lowest BCUT2D eigenvalue weighted by Gasteiger charge is -2.25. The summed E-state index contributed by atoms with van der Waals surface area (Å²) in [4.78, 5) is 14.8. The molecule has 1 atom stereocenters. The normalized spacial score (nSPS) is 17.0. The van der Waals surface area contributed by atoms with Gasteiger partial charge in [-0.05, 0) is 48.6 Å². The molecule has 0 unspecified atom stereocenters. The van der Waals surface area contributed by atoms with Crippen molar-refractivity contribution < 1.29 is 9.53 Å². The fourth-order valence-corrected chi connectivity index (χ4v) is 3.89. The van der Waals surface area contributed by atoms with Crippen molar-refractivity contribution >= 4 is 23.2 Å². The molecule has 6 nitrogen and oxygen atoms in total. The van der Waals surface area contributed by atoms with Crippen molar-refractivity contribution in [2.24, 2.45) is 7.05 Å². The Hall–Kier alpha value is -1.86. The number of ether oxygens (including phenoxy) is 1. The third kappa shape index (κ3) is 4.22. The summed E-state index contributed by atoms with van der Waals surface area (Å²) in [6.45, 7) is 6.07. The zero-order valence-corrected chi connectivity index (χ0v) is 15.9. The number of hydrogen-bond acceptors (Lipinski definition) is 4. The number of hydrogen-bond donors (Lipinski definition) is 1. The molecule has 1 aliphatic heterocycles. The van der Waals surface area contributed by atoms with Crippen LogP contribution in [-0.2, 0) is 24.8 Å². The number of carbonyl (C=O) groups excluding carboxylic acids is 1. The summed E-state index contributed by atoms with van der Waals surface area (Å²) in [7, 11) is 1.87. The minimum atomic E-state index is -0.101. The van der Waals surface area contributed by atoms with E-state index in [-0.39, 0.29) is 12.1 Å². The van der Waals surface area contributed by atoms with Gasteiger partial charge in [-0.3, -0.25) is 10.00 Å². The molecule has 3 heterocycles. The van der Waals surface area contributed by atoms with Crippen LogP contribution in [0.3, 0.4) is 0 Å². The first-order valence-electron chi connectivity index (χ1n) is 8.79. The molecular weight excluding hydrogens is 336 g/mol. The second kappa shape index (κ2) is 8.01. The molecule has 25 heavy (non-hydrogen) atoms. The summed E-state index contributed by atoms with van der Waals surface area (Å²) in [5.41, 5.74) is 3.20. The van der Waals surface area contributed by atoms with Crippen LogP contribution >= 0.6 is 11.3 Å². The van der Waals surface area contributed by atoms with Crippen LogP contribution in [0.15, 0.2) is 16.8 Å². The predicted octanol–water partition coefficient (Wildman–Crippen LogP) is 3.57. The molecule has 3 rings (SSSR count). The van der Waals surface area contributed by atoms with Gasteiger partial charge in [-0.1, -0.05) is 6.92 Å². The molecule has 1 aliphatic rings. The minimum Gasteiger partial charge on any atom is -0.376 e. The van der Waals surface area contributed by atoms with Crippen molar-refractivity contribution in [1.82, 2.24) is 14.7 Å². The lowest BCUT2D eigenvalue weighted by Crippen LogP contribution is -2.40. The summed E-state index contributed by atoms with van der Waals surface area (Å²) in [6.07, 6.45) is 3.06. The second-order valence-corrected chi connectivity index (χ2v) is 7.25. The van der Waals surface area contributed by atoms with E-state index < -0.39 is 0 Å². The highest BCUT2D eigenvalue weighted by molar-refractivity contribution is 7.07. The SMILES string of the molecule is CCc1nn(C)c(NC(=O)N(Cc2ccsc2)C[C@H]2CCCO2)c1C. The number of nitrogens with one attached hydrogen (secondary N) is 1. The number of anilines is 1. The van der Waals surface area contributed by atoms with E-state index in [4.69, 9.17) is 4.74 Å². The highest BCUT2D eigenvalue weighted by Gasteiger charge is 2.24. The maximum atomic E-state index is 13.0. The highest BCUT2D eigenvalue weighted by atomic mass is 32.1. The molecule has 0 bridgehead atoms. The van der Waals surface area contributed by atoms with Gasteiger partial charge >= 0.3 is 6.03 Å². The van der Waals surface area contributed by atoms with E-state index in [2.05, 4.69) is 28.8 Å². The first-order chi connectivity index (χ1) is 12.1. The van der Waals surface area contributed by atoms with Crippen molar-refractivity contribution in [2.45, 2.75) is 45.8 Å². The van der Waals surface area contributed by atoms with Crippen LogP contribution in [0.5, 0.6) is 0 Å². The molecular formula is C18H26N4O2S. The van der Waals surface area contributed by atoms with Gasteiger partial charge in [0.05, 0.1) is 11.8 Å². The molecule has 7 heteroatoms. The number of rotatable bonds is 6. The van der Waals surface area contributed by atoms with Gasteiger partial charge in [0.1, 0.15) is 5.82 Å². The first kappa shape index (κ1) is 17.9. The molecule has 1 N–H and O–H groups in total. The van der Waals surface area contributed by atoms with Crippen LogP contribution in [-0.4, -0.2) is 40.0 Å². The van der Waals surface area contributed by atoms with Crippen LogP contribution in [0.1, 0.15) is 36.6 Å². The van der Waals surface area contributed by atoms with Gasteiger partial charge in [-0.2, -0.15) is 16.4 Å². The number of thiophene rings is 1. The van der Waals surface area contributed by atoms with Crippen molar-refractivity contribution in [3.63, 3.8) is 0 Å². The van der Waals surface area contributed by atoms with Gasteiger partial charge in [0.2, 0.25) is 0 Å². The molecule has 0 aliphatic carbocycles. The fourth-order valence-electron chi connectivity index (χ4n) is 3.23. The molecule has 0 spiro atoms. The summed E-state index contributed by atoms with van der Waals surface area (Å²) in [5, 5.41) is 11.7. The maximum absolute atomic E-state index is 13.0. The quantitative estimate of drug-likeness (QED) is 0.855. The second-order valence-electron chi connectivity index (χ2n) is 6.47. The van der Waals surface area contributed by atoms with Crippen molar-refractivity contribution in [1.29, 1.82) is 0 Å². The largest absolute Gasteiger partial charge is 0.376 e. The number of amides is 2. The van der Waals surface area contributed by atoms with Crippen LogP contribution in [0.4, 0.5) is 10.6 Å². The summed E-state index contributed by atoms with van der Waals surface area (Å²) < 4.78 is 7.49. The van der Waals surface area contributed by atoms with Crippen LogP contribution < -0.4 is 5.32 Å². The number of carbonyl (C=O) groups is 1. The Balaban J connectivity index is 1.74. The van der Waals surface area contributed by atoms with E-state index in [9.17, 15) is 4.79 Å². The van der Waals surface area contributed by atoms with Crippen molar-refractivity contribution in [2.75, 3.05) is 18.5 Å². The predicted molar refractivity (Wildman–Crippen MR) is 100 cm³/mol. The molecule has 2 amide bonds. The maximum Gasteiger partial charge on any atom is 0.323 e. The van der Waals surface area contributed by atoms with E-state index in [0.29, 0.717) is 13.1 Å². The van der Waals surface area contributed by atoms with Gasteiger partial charge in [-0.15, -0.1) is 0 Å². The topological polar surface area (TPSA) is 59.4 Å². The highest BCUT2D eigenvalue weighted by Crippen LogP contribution is 2.21. The Morgan fingerprint density at radius 3 is 3.00 bits per heavy atom. The zero-order chi connectivity index (χ0) is 17.8. The molecule has 1 fully saturated rings. The van der Waals surface area contributed by atoms with Crippen LogP contribution in [0, 0.1) is 6.92 Å². The van der Waals surface area contributed by atoms with Crippen molar-refractivity contribution in [3.8, 4) is 0 Å². The van der Waals surface area contributed by atoms with Gasteiger partial charge in [0, 0.05) is 32.3 Å². The molecule has 1 saturated heterocycles. The smallest absolute Gasteiger partial charge is 0.323 e. The molecule has 0 saturated carbocycles. The van der Waals surface area contributed by atoms with Crippen LogP contribution in [0.2, 0.25) is 0 Å². The van der Waals surface area contributed by atoms with E-state index in [1.54, 1.807) is 16.0 Å². The van der Waals surface area contributed by atoms with E-state index in [0.717, 1.165) is 48.5 Å². The number of aryl methyl sites for hydroxylation is 2. The van der Waals surface area contributed by atoms with E-state index in [1.165, 1.54) is 0 Å². The average Bonchev–Trinajstić information content (AvgIpc) is 3.33. The van der Waals surface area contributed by atoms with E-state index >= 15 is 0 Å². The Bertz CT molecular complexity index is 705. The fraction of sp³-hybridized carbons (Fsp3) is 0.556. The Morgan fingerprint density at radius 1 is 1.56 bits per heavy atom. The Morgan fingerprint density at radius 2 is 2.40 bits per heavy atom. The van der Waals surface area contributed by atoms with Gasteiger partial charge < -0.3 is 9.64 Å². The number of urea groups is 1. The number of aromatic nitrogens is 2. The third-order valence-corrected chi connectivity index (χ3v) is 5.36. The van der Waals surface area contributed by atoms with Gasteiger partial charge in [0.25, 0.3) is 0 Å². The molecule has 2 aromatic heterocycles. The minimum absolute atomic E-state index is 0.101. The van der Waals surface area contributed by atoms with Crippen LogP contribution in [0.25, 0.3) is 0 Å².